The smallest absolute Gasteiger partial charge is 0.255 e. The van der Waals surface area contributed by atoms with E-state index < -0.39 is 0 Å². The number of hydrogen-bond acceptors (Lipinski definition) is 3. The third-order valence-electron chi connectivity index (χ3n) is 3.68. The number of rotatable bonds is 3. The van der Waals surface area contributed by atoms with Gasteiger partial charge in [-0.2, -0.15) is 0 Å². The van der Waals surface area contributed by atoms with Crippen molar-refractivity contribution in [3.8, 4) is 0 Å². The molecule has 0 spiro atoms. The number of amides is 1. The number of carbonyl (C=O) groups is 1. The summed E-state index contributed by atoms with van der Waals surface area (Å²) in [7, 11) is 1.77. The summed E-state index contributed by atoms with van der Waals surface area (Å²) in [5.74, 6) is 0.542. The van der Waals surface area contributed by atoms with Crippen LogP contribution in [-0.4, -0.2) is 24.0 Å². The Kier molecular flexibility index (Phi) is 3.37. The average Bonchev–Trinajstić information content (AvgIpc) is 2.89. The van der Waals surface area contributed by atoms with Crippen molar-refractivity contribution in [1.29, 1.82) is 0 Å². The second-order valence-corrected chi connectivity index (χ2v) is 5.00. The Morgan fingerprint density at radius 2 is 1.85 bits per heavy atom. The van der Waals surface area contributed by atoms with Crippen LogP contribution in [0.25, 0.3) is 0 Å². The molecule has 1 aliphatic carbocycles. The maximum Gasteiger partial charge on any atom is 0.255 e. The molecule has 1 aromatic carbocycles. The number of pyridine rings is 1. The highest BCUT2D eigenvalue weighted by Gasteiger charge is 2.23. The van der Waals surface area contributed by atoms with E-state index in [2.05, 4.69) is 27.8 Å². The van der Waals surface area contributed by atoms with E-state index in [0.29, 0.717) is 11.4 Å². The molecule has 2 aromatic rings. The number of carbonyl (C=O) groups excluding carboxylic acids is 1. The molecule has 3 rings (SSSR count). The van der Waals surface area contributed by atoms with E-state index in [0.717, 1.165) is 12.8 Å². The van der Waals surface area contributed by atoms with Crippen LogP contribution < -0.4 is 10.6 Å². The van der Waals surface area contributed by atoms with Crippen LogP contribution in [0.4, 0.5) is 5.82 Å². The van der Waals surface area contributed by atoms with Crippen LogP contribution >= 0.6 is 0 Å². The second-order valence-electron chi connectivity index (χ2n) is 5.00. The molecule has 0 aliphatic heterocycles. The Morgan fingerprint density at radius 1 is 1.15 bits per heavy atom. The number of nitrogens with one attached hydrogen (secondary N) is 2. The third kappa shape index (κ3) is 2.37. The predicted octanol–water partition coefficient (Wildman–Crippen LogP) is 2.02. The van der Waals surface area contributed by atoms with Crippen molar-refractivity contribution in [3.63, 3.8) is 0 Å². The van der Waals surface area contributed by atoms with Gasteiger partial charge in [-0.3, -0.25) is 4.79 Å². The lowest BCUT2D eigenvalue weighted by molar-refractivity contribution is 0.0939. The van der Waals surface area contributed by atoms with E-state index >= 15 is 0 Å². The van der Waals surface area contributed by atoms with Crippen LogP contribution in [-0.2, 0) is 12.8 Å². The summed E-state index contributed by atoms with van der Waals surface area (Å²) in [4.78, 5) is 16.5. The van der Waals surface area contributed by atoms with E-state index in [9.17, 15) is 4.79 Å². The summed E-state index contributed by atoms with van der Waals surface area (Å²) in [6.45, 7) is 0. The van der Waals surface area contributed by atoms with Gasteiger partial charge in [0, 0.05) is 19.3 Å². The highest BCUT2D eigenvalue weighted by atomic mass is 16.1. The maximum absolute atomic E-state index is 12.3. The molecule has 0 unspecified atom stereocenters. The standard InChI is InChI=1S/C16H17N3O/c1-17-15-14(7-4-8-18-15)16(20)19-13-9-11-5-2-3-6-12(11)10-13/h2-8,13H,9-10H2,1H3,(H,17,18)(H,19,20). The molecule has 0 saturated carbocycles. The van der Waals surface area contributed by atoms with Gasteiger partial charge in [-0.15, -0.1) is 0 Å². The Hall–Kier alpha value is -2.36. The van der Waals surface area contributed by atoms with Crippen molar-refractivity contribution in [3.05, 3.63) is 59.3 Å². The molecule has 4 heteroatoms. The van der Waals surface area contributed by atoms with E-state index in [1.807, 2.05) is 12.1 Å². The van der Waals surface area contributed by atoms with Crippen LogP contribution in [0.2, 0.25) is 0 Å². The molecule has 0 fully saturated rings. The maximum atomic E-state index is 12.3. The zero-order chi connectivity index (χ0) is 13.9. The zero-order valence-corrected chi connectivity index (χ0v) is 11.4. The third-order valence-corrected chi connectivity index (χ3v) is 3.68. The first kappa shape index (κ1) is 12.7. The molecular formula is C16H17N3O. The normalized spacial score (nSPS) is 13.8. The lowest BCUT2D eigenvalue weighted by atomic mass is 10.1. The fourth-order valence-corrected chi connectivity index (χ4v) is 2.71. The largest absolute Gasteiger partial charge is 0.372 e. The van der Waals surface area contributed by atoms with Gasteiger partial charge in [0.2, 0.25) is 0 Å². The molecule has 4 nitrogen and oxygen atoms in total. The minimum Gasteiger partial charge on any atom is -0.372 e. The number of benzene rings is 1. The fraction of sp³-hybridized carbons (Fsp3) is 0.250. The van der Waals surface area contributed by atoms with E-state index in [-0.39, 0.29) is 11.9 Å². The summed E-state index contributed by atoms with van der Waals surface area (Å²) in [6.07, 6.45) is 3.47. The first-order chi connectivity index (χ1) is 9.78. The summed E-state index contributed by atoms with van der Waals surface area (Å²) in [6, 6.07) is 12.1. The fourth-order valence-electron chi connectivity index (χ4n) is 2.71. The molecule has 0 bridgehead atoms. The number of hydrogen-bond donors (Lipinski definition) is 2. The van der Waals surface area contributed by atoms with Crippen LogP contribution in [0.3, 0.4) is 0 Å². The van der Waals surface area contributed by atoms with Crippen molar-refractivity contribution in [2.24, 2.45) is 0 Å². The predicted molar refractivity (Wildman–Crippen MR) is 78.9 cm³/mol. The molecule has 1 aromatic heterocycles. The number of fused-ring (bicyclic) bond motifs is 1. The molecule has 1 amide bonds. The Bertz CT molecular complexity index is 614. The number of anilines is 1. The van der Waals surface area contributed by atoms with Gasteiger partial charge in [-0.25, -0.2) is 4.98 Å². The lowest BCUT2D eigenvalue weighted by Crippen LogP contribution is -2.35. The minimum absolute atomic E-state index is 0.0692. The first-order valence-electron chi connectivity index (χ1n) is 6.78. The average molecular weight is 267 g/mol. The molecule has 0 radical (unpaired) electrons. The lowest BCUT2D eigenvalue weighted by Gasteiger charge is -2.13. The number of aromatic nitrogens is 1. The van der Waals surface area contributed by atoms with Crippen molar-refractivity contribution in [1.82, 2.24) is 10.3 Å². The van der Waals surface area contributed by atoms with E-state index in [1.54, 1.807) is 25.4 Å². The molecule has 0 atom stereocenters. The quantitative estimate of drug-likeness (QED) is 0.894. The highest BCUT2D eigenvalue weighted by Crippen LogP contribution is 2.22. The van der Waals surface area contributed by atoms with Crippen LogP contribution in [0.15, 0.2) is 42.6 Å². The molecule has 1 aliphatic rings. The monoisotopic (exact) mass is 267 g/mol. The van der Waals surface area contributed by atoms with E-state index in [4.69, 9.17) is 0 Å². The molecular weight excluding hydrogens is 250 g/mol. The topological polar surface area (TPSA) is 54.0 Å². The van der Waals surface area contributed by atoms with Gasteiger partial charge < -0.3 is 10.6 Å². The van der Waals surface area contributed by atoms with Gasteiger partial charge >= 0.3 is 0 Å². The Labute approximate surface area is 118 Å². The zero-order valence-electron chi connectivity index (χ0n) is 11.4. The Balaban J connectivity index is 1.72. The van der Waals surface area contributed by atoms with Gasteiger partial charge in [0.05, 0.1) is 5.56 Å². The van der Waals surface area contributed by atoms with Gasteiger partial charge in [-0.05, 0) is 36.1 Å². The van der Waals surface area contributed by atoms with Crippen molar-refractivity contribution >= 4 is 11.7 Å². The minimum atomic E-state index is -0.0692. The van der Waals surface area contributed by atoms with Gasteiger partial charge in [0.25, 0.3) is 5.91 Å². The van der Waals surface area contributed by atoms with Gasteiger partial charge in [0.15, 0.2) is 0 Å². The van der Waals surface area contributed by atoms with Crippen molar-refractivity contribution < 1.29 is 4.79 Å². The molecule has 20 heavy (non-hydrogen) atoms. The summed E-state index contributed by atoms with van der Waals surface area (Å²) in [5, 5.41) is 6.04. The highest BCUT2D eigenvalue weighted by molar-refractivity contribution is 5.98. The van der Waals surface area contributed by atoms with Gasteiger partial charge in [-0.1, -0.05) is 24.3 Å². The van der Waals surface area contributed by atoms with Crippen LogP contribution in [0.1, 0.15) is 21.5 Å². The first-order valence-corrected chi connectivity index (χ1v) is 6.78. The van der Waals surface area contributed by atoms with Crippen molar-refractivity contribution in [2.75, 3.05) is 12.4 Å². The molecule has 1 heterocycles. The van der Waals surface area contributed by atoms with Gasteiger partial charge in [0.1, 0.15) is 5.82 Å². The molecule has 102 valence electrons. The van der Waals surface area contributed by atoms with E-state index in [1.165, 1.54) is 11.1 Å². The SMILES string of the molecule is CNc1ncccc1C(=O)NC1Cc2ccccc2C1. The summed E-state index contributed by atoms with van der Waals surface area (Å²) in [5.41, 5.74) is 3.25. The Morgan fingerprint density at radius 3 is 2.50 bits per heavy atom. The second kappa shape index (κ2) is 5.33. The van der Waals surface area contributed by atoms with Crippen LogP contribution in [0.5, 0.6) is 0 Å². The summed E-state index contributed by atoms with van der Waals surface area (Å²) < 4.78 is 0. The number of nitrogens with zero attached hydrogens (tertiary/aromatic N) is 1. The van der Waals surface area contributed by atoms with Crippen molar-refractivity contribution in [2.45, 2.75) is 18.9 Å². The summed E-state index contributed by atoms with van der Waals surface area (Å²) >= 11 is 0. The van der Waals surface area contributed by atoms with Crippen LogP contribution in [0, 0.1) is 0 Å². The molecule has 2 N–H and O–H groups in total. The molecule has 0 saturated heterocycles.